The number of hydrogen-bond acceptors (Lipinski definition) is 4. The highest BCUT2D eigenvalue weighted by Crippen LogP contribution is 2.41. The van der Waals surface area contributed by atoms with E-state index in [9.17, 15) is 34.5 Å². The Morgan fingerprint density at radius 3 is 1.93 bits per heavy atom. The fourth-order valence-electron chi connectivity index (χ4n) is 3.55. The molecule has 1 aliphatic carbocycles. The first kappa shape index (κ1) is 20.5. The van der Waals surface area contributed by atoms with Crippen LogP contribution in [0.15, 0.2) is 72.3 Å². The Balaban J connectivity index is 2.16. The summed E-state index contributed by atoms with van der Waals surface area (Å²) in [5.41, 5.74) is -2.59. The molecule has 0 saturated carbocycles. The minimum Gasteiger partial charge on any atom is -0.480 e. The molecule has 0 heterocycles. The monoisotopic (exact) mass is 408 g/mol. The molecule has 8 nitrogen and oxygen atoms in total. The summed E-state index contributed by atoms with van der Waals surface area (Å²) in [6, 6.07) is 11.5. The van der Waals surface area contributed by atoms with E-state index >= 15 is 0 Å². The van der Waals surface area contributed by atoms with Crippen molar-refractivity contribution in [3.8, 4) is 0 Å². The lowest BCUT2D eigenvalue weighted by Gasteiger charge is -2.32. The van der Waals surface area contributed by atoms with Crippen LogP contribution in [0.3, 0.4) is 0 Å². The van der Waals surface area contributed by atoms with Crippen molar-refractivity contribution in [1.29, 1.82) is 0 Å². The minimum atomic E-state index is -1.92. The van der Waals surface area contributed by atoms with Crippen molar-refractivity contribution < 1.29 is 39.6 Å². The molecule has 2 unspecified atom stereocenters. The Morgan fingerprint density at radius 2 is 1.40 bits per heavy atom. The molecule has 152 valence electrons. The van der Waals surface area contributed by atoms with Gasteiger partial charge in [0.25, 0.3) is 0 Å². The van der Waals surface area contributed by atoms with Gasteiger partial charge in [-0.2, -0.15) is 0 Å². The SMILES string of the molecule is O=C(O)C1=CC(c2ccc(C(=O)O)c(C(=O)O)c2)C=CC1(C(=O)O)c1ccccc1. The molecule has 2 aromatic carbocycles. The molecular weight excluding hydrogens is 392 g/mol. The van der Waals surface area contributed by atoms with E-state index in [2.05, 4.69) is 0 Å². The Hall–Kier alpha value is -4.20. The highest BCUT2D eigenvalue weighted by Gasteiger charge is 2.47. The van der Waals surface area contributed by atoms with Crippen LogP contribution in [0, 0.1) is 0 Å². The van der Waals surface area contributed by atoms with Gasteiger partial charge >= 0.3 is 23.9 Å². The van der Waals surface area contributed by atoms with Crippen LogP contribution < -0.4 is 0 Å². The molecule has 0 aliphatic heterocycles. The third kappa shape index (κ3) is 3.35. The van der Waals surface area contributed by atoms with Crippen LogP contribution in [-0.2, 0) is 15.0 Å². The summed E-state index contributed by atoms with van der Waals surface area (Å²) < 4.78 is 0. The van der Waals surface area contributed by atoms with E-state index in [1.807, 2.05) is 0 Å². The third-order valence-corrected chi connectivity index (χ3v) is 5.01. The van der Waals surface area contributed by atoms with Gasteiger partial charge in [0, 0.05) is 5.92 Å². The largest absolute Gasteiger partial charge is 0.480 e. The van der Waals surface area contributed by atoms with Gasteiger partial charge in [-0.15, -0.1) is 0 Å². The number of carboxylic acid groups (broad SMARTS) is 4. The van der Waals surface area contributed by atoms with Gasteiger partial charge in [0.15, 0.2) is 0 Å². The highest BCUT2D eigenvalue weighted by atomic mass is 16.4. The Morgan fingerprint density at radius 1 is 0.767 bits per heavy atom. The van der Waals surface area contributed by atoms with Gasteiger partial charge in [-0.1, -0.05) is 54.6 Å². The van der Waals surface area contributed by atoms with Gasteiger partial charge < -0.3 is 20.4 Å². The maximum atomic E-state index is 12.2. The number of hydrogen-bond donors (Lipinski definition) is 4. The van der Waals surface area contributed by atoms with Crippen molar-refractivity contribution in [3.05, 3.63) is 94.6 Å². The summed E-state index contributed by atoms with van der Waals surface area (Å²) in [4.78, 5) is 46.9. The maximum absolute atomic E-state index is 12.2. The van der Waals surface area contributed by atoms with E-state index < -0.39 is 51.9 Å². The van der Waals surface area contributed by atoms with Gasteiger partial charge in [0.1, 0.15) is 5.41 Å². The minimum absolute atomic E-state index is 0.258. The van der Waals surface area contributed by atoms with E-state index in [0.29, 0.717) is 5.56 Å². The van der Waals surface area contributed by atoms with E-state index in [4.69, 9.17) is 5.11 Å². The van der Waals surface area contributed by atoms with Crippen molar-refractivity contribution in [2.24, 2.45) is 0 Å². The first-order valence-corrected chi connectivity index (χ1v) is 8.73. The molecular formula is C22H16O8. The van der Waals surface area contributed by atoms with E-state index in [-0.39, 0.29) is 5.56 Å². The topological polar surface area (TPSA) is 149 Å². The summed E-state index contributed by atoms with van der Waals surface area (Å²) in [5, 5.41) is 38.2. The van der Waals surface area contributed by atoms with Crippen molar-refractivity contribution in [1.82, 2.24) is 0 Å². The van der Waals surface area contributed by atoms with Crippen LogP contribution >= 0.6 is 0 Å². The number of rotatable bonds is 6. The zero-order chi connectivity index (χ0) is 22.1. The van der Waals surface area contributed by atoms with E-state index in [0.717, 1.165) is 12.1 Å². The predicted molar refractivity (Wildman–Crippen MR) is 104 cm³/mol. The number of aromatic carboxylic acids is 2. The maximum Gasteiger partial charge on any atom is 0.336 e. The Labute approximate surface area is 170 Å². The number of allylic oxidation sites excluding steroid dienone is 2. The molecule has 0 saturated heterocycles. The molecule has 0 bridgehead atoms. The Bertz CT molecular complexity index is 1110. The average Bonchev–Trinajstić information content (AvgIpc) is 2.73. The molecule has 1 aliphatic rings. The van der Waals surface area contributed by atoms with E-state index in [1.165, 1.54) is 36.4 Å². The van der Waals surface area contributed by atoms with Crippen molar-refractivity contribution in [3.63, 3.8) is 0 Å². The summed E-state index contributed by atoms with van der Waals surface area (Å²) in [6.07, 6.45) is 3.98. The lowest BCUT2D eigenvalue weighted by atomic mass is 9.69. The first-order chi connectivity index (χ1) is 14.2. The van der Waals surface area contributed by atoms with E-state index in [1.54, 1.807) is 18.2 Å². The van der Waals surface area contributed by atoms with Gasteiger partial charge in [0.05, 0.1) is 16.7 Å². The van der Waals surface area contributed by atoms with Gasteiger partial charge in [-0.05, 0) is 23.3 Å². The first-order valence-electron chi connectivity index (χ1n) is 8.73. The van der Waals surface area contributed by atoms with Crippen LogP contribution in [0.25, 0.3) is 0 Å². The molecule has 2 atom stereocenters. The molecule has 0 spiro atoms. The standard InChI is InChI=1S/C22H16O8/c23-18(24)15-7-6-12(10-16(15)19(25)26)13-8-9-22(21(29)30,17(11-13)20(27)28)14-4-2-1-3-5-14/h1-11,13H,(H,23,24)(H,25,26)(H,27,28)(H,29,30). The molecule has 4 N–H and O–H groups in total. The molecule has 8 heteroatoms. The smallest absolute Gasteiger partial charge is 0.336 e. The second-order valence-corrected chi connectivity index (χ2v) is 6.66. The lowest BCUT2D eigenvalue weighted by molar-refractivity contribution is -0.144. The fourth-order valence-corrected chi connectivity index (χ4v) is 3.55. The molecule has 0 amide bonds. The summed E-state index contributed by atoms with van der Waals surface area (Å²) in [7, 11) is 0. The highest BCUT2D eigenvalue weighted by molar-refractivity contribution is 6.03. The summed E-state index contributed by atoms with van der Waals surface area (Å²) in [6.45, 7) is 0. The van der Waals surface area contributed by atoms with Crippen molar-refractivity contribution in [2.75, 3.05) is 0 Å². The number of carbonyl (C=O) groups is 4. The van der Waals surface area contributed by atoms with Gasteiger partial charge in [-0.3, -0.25) is 4.79 Å². The number of benzene rings is 2. The molecule has 0 radical (unpaired) electrons. The fraction of sp³-hybridized carbons (Fsp3) is 0.0909. The normalized spacial score (nSPS) is 20.3. The summed E-state index contributed by atoms with van der Waals surface area (Å²) in [5.74, 6) is -6.41. The van der Waals surface area contributed by atoms with Gasteiger partial charge in [0.2, 0.25) is 0 Å². The molecule has 0 fully saturated rings. The molecule has 0 aromatic heterocycles. The summed E-state index contributed by atoms with van der Waals surface area (Å²) >= 11 is 0. The molecule has 30 heavy (non-hydrogen) atoms. The van der Waals surface area contributed by atoms with Crippen molar-refractivity contribution >= 4 is 23.9 Å². The van der Waals surface area contributed by atoms with Crippen molar-refractivity contribution in [2.45, 2.75) is 11.3 Å². The molecule has 3 rings (SSSR count). The zero-order valence-electron chi connectivity index (χ0n) is 15.4. The lowest BCUT2D eigenvalue weighted by Crippen LogP contribution is -2.40. The van der Waals surface area contributed by atoms with Crippen LogP contribution in [-0.4, -0.2) is 44.3 Å². The third-order valence-electron chi connectivity index (χ3n) is 5.01. The van der Waals surface area contributed by atoms with Crippen LogP contribution in [0.5, 0.6) is 0 Å². The quantitative estimate of drug-likeness (QED) is 0.533. The van der Waals surface area contributed by atoms with Crippen LogP contribution in [0.2, 0.25) is 0 Å². The second-order valence-electron chi connectivity index (χ2n) is 6.66. The second kappa shape index (κ2) is 7.67. The van der Waals surface area contributed by atoms with Gasteiger partial charge in [-0.25, -0.2) is 14.4 Å². The van der Waals surface area contributed by atoms with Crippen LogP contribution in [0.1, 0.15) is 37.8 Å². The predicted octanol–water partition coefficient (Wildman–Crippen LogP) is 2.77. The number of aliphatic carboxylic acids is 2. The zero-order valence-corrected chi connectivity index (χ0v) is 15.4. The Kier molecular flexibility index (Phi) is 5.25. The average molecular weight is 408 g/mol. The number of carboxylic acids is 4. The molecule has 2 aromatic rings. The van der Waals surface area contributed by atoms with Crippen LogP contribution in [0.4, 0.5) is 0 Å².